The topological polar surface area (TPSA) is 61.8 Å². The molecule has 1 fully saturated rings. The first-order valence-electron chi connectivity index (χ1n) is 9.74. The molecule has 3 rings (SSSR count). The van der Waals surface area contributed by atoms with Gasteiger partial charge in [0.2, 0.25) is 0 Å². The molecule has 5 nitrogen and oxygen atoms in total. The summed E-state index contributed by atoms with van der Waals surface area (Å²) in [5.74, 6) is 0. The molecule has 0 spiro atoms. The Morgan fingerprint density at radius 3 is 2.67 bits per heavy atom. The van der Waals surface area contributed by atoms with Crippen molar-refractivity contribution < 1.29 is 27.8 Å². The van der Waals surface area contributed by atoms with Crippen LogP contribution < -0.4 is 5.32 Å². The normalized spacial score (nSPS) is 16.3. The number of rotatable bonds is 7. The molecule has 0 unspecified atom stereocenters. The number of aliphatic hydroxyl groups is 1. The van der Waals surface area contributed by atoms with E-state index < -0.39 is 17.2 Å². The predicted molar refractivity (Wildman–Crippen MR) is 108 cm³/mol. The quantitative estimate of drug-likeness (QED) is 0.681. The summed E-state index contributed by atoms with van der Waals surface area (Å²) in [7, 11) is 0. The summed E-state index contributed by atoms with van der Waals surface area (Å²) < 4.78 is 45.1. The van der Waals surface area contributed by atoms with Crippen LogP contribution in [0.25, 0.3) is 0 Å². The van der Waals surface area contributed by atoms with Crippen LogP contribution in [0.2, 0.25) is 0 Å². The third-order valence-corrected chi connectivity index (χ3v) is 6.17. The molecule has 2 N–H and O–H groups in total. The molecule has 0 saturated carbocycles. The monoisotopic (exact) mass is 442 g/mol. The van der Waals surface area contributed by atoms with E-state index >= 15 is 0 Å². The minimum Gasteiger partial charge on any atom is -0.395 e. The SMILES string of the molecule is O=C(NCC1(c2cccc(C(F)(F)F)c2)CCOCC1)N(CCO)Cc1ccsc1. The molecule has 2 amide bonds. The summed E-state index contributed by atoms with van der Waals surface area (Å²) in [4.78, 5) is 14.3. The molecular weight excluding hydrogens is 417 g/mol. The average molecular weight is 443 g/mol. The molecule has 1 aliphatic heterocycles. The van der Waals surface area contributed by atoms with E-state index in [4.69, 9.17) is 4.74 Å². The van der Waals surface area contributed by atoms with Crippen molar-refractivity contribution in [2.24, 2.45) is 0 Å². The van der Waals surface area contributed by atoms with Gasteiger partial charge in [-0.2, -0.15) is 24.5 Å². The number of amides is 2. The largest absolute Gasteiger partial charge is 0.416 e. The standard InChI is InChI=1S/C21H25F3N2O3S/c22-21(23,24)18-3-1-2-17(12-18)20(5-9-29-10-6-20)15-25-19(28)26(7-8-27)13-16-4-11-30-14-16/h1-4,11-12,14,27H,5-10,13,15H2,(H,25,28). The van der Waals surface area contributed by atoms with Crippen LogP contribution in [0.5, 0.6) is 0 Å². The number of nitrogens with zero attached hydrogens (tertiary/aromatic N) is 1. The van der Waals surface area contributed by atoms with Crippen molar-refractivity contribution in [2.45, 2.75) is 31.0 Å². The molecule has 1 aromatic carbocycles. The Kier molecular flexibility index (Phi) is 7.38. The van der Waals surface area contributed by atoms with Gasteiger partial charge in [0.15, 0.2) is 0 Å². The average Bonchev–Trinajstić information content (AvgIpc) is 3.25. The third kappa shape index (κ3) is 5.53. The summed E-state index contributed by atoms with van der Waals surface area (Å²) in [6.45, 7) is 1.38. The van der Waals surface area contributed by atoms with Crippen molar-refractivity contribution in [2.75, 3.05) is 32.9 Å². The van der Waals surface area contributed by atoms with Crippen molar-refractivity contribution in [1.29, 1.82) is 0 Å². The summed E-state index contributed by atoms with van der Waals surface area (Å²) in [5, 5.41) is 16.1. The Balaban J connectivity index is 1.77. The van der Waals surface area contributed by atoms with E-state index in [0.29, 0.717) is 38.2 Å². The second-order valence-electron chi connectivity index (χ2n) is 7.41. The maximum absolute atomic E-state index is 13.2. The lowest BCUT2D eigenvalue weighted by atomic mass is 9.73. The first-order chi connectivity index (χ1) is 14.3. The predicted octanol–water partition coefficient (Wildman–Crippen LogP) is 4.02. The Labute approximate surface area is 177 Å². The van der Waals surface area contributed by atoms with Gasteiger partial charge in [-0.15, -0.1) is 0 Å². The lowest BCUT2D eigenvalue weighted by Crippen LogP contribution is -2.49. The molecule has 0 atom stereocenters. The lowest BCUT2D eigenvalue weighted by Gasteiger charge is -2.38. The number of halogens is 3. The van der Waals surface area contributed by atoms with Crippen LogP contribution in [-0.4, -0.2) is 48.9 Å². The van der Waals surface area contributed by atoms with Crippen LogP contribution in [0, 0.1) is 0 Å². The van der Waals surface area contributed by atoms with Crippen LogP contribution in [0.15, 0.2) is 41.1 Å². The number of ether oxygens (including phenoxy) is 1. The highest BCUT2D eigenvalue weighted by atomic mass is 32.1. The van der Waals surface area contributed by atoms with Crippen molar-refractivity contribution in [3.63, 3.8) is 0 Å². The Bertz CT molecular complexity index is 821. The zero-order valence-electron chi connectivity index (χ0n) is 16.5. The summed E-state index contributed by atoms with van der Waals surface area (Å²) in [5.41, 5.74) is 0.175. The van der Waals surface area contributed by atoms with Gasteiger partial charge in [-0.3, -0.25) is 0 Å². The number of hydrogen-bond donors (Lipinski definition) is 2. The number of benzene rings is 1. The molecule has 9 heteroatoms. The minimum absolute atomic E-state index is 0.168. The molecule has 1 saturated heterocycles. The van der Waals surface area contributed by atoms with Gasteiger partial charge < -0.3 is 20.1 Å². The fourth-order valence-corrected chi connectivity index (χ4v) is 4.35. The second kappa shape index (κ2) is 9.80. The second-order valence-corrected chi connectivity index (χ2v) is 8.19. The molecule has 0 radical (unpaired) electrons. The Morgan fingerprint density at radius 2 is 2.03 bits per heavy atom. The van der Waals surface area contributed by atoms with Gasteiger partial charge in [-0.05, 0) is 46.9 Å². The summed E-state index contributed by atoms with van der Waals surface area (Å²) >= 11 is 1.52. The highest BCUT2D eigenvalue weighted by Crippen LogP contribution is 2.37. The molecule has 2 aromatic rings. The fourth-order valence-electron chi connectivity index (χ4n) is 3.69. The number of carbonyl (C=O) groups is 1. The fraction of sp³-hybridized carbons (Fsp3) is 0.476. The maximum Gasteiger partial charge on any atom is 0.416 e. The van der Waals surface area contributed by atoms with Crippen LogP contribution in [0.4, 0.5) is 18.0 Å². The first-order valence-corrected chi connectivity index (χ1v) is 10.7. The van der Waals surface area contributed by atoms with Gasteiger partial charge in [0.1, 0.15) is 0 Å². The van der Waals surface area contributed by atoms with Crippen LogP contribution in [-0.2, 0) is 22.9 Å². The number of alkyl halides is 3. The van der Waals surface area contributed by atoms with E-state index in [1.165, 1.54) is 28.4 Å². The van der Waals surface area contributed by atoms with E-state index in [1.807, 2.05) is 16.8 Å². The number of urea groups is 1. The van der Waals surface area contributed by atoms with Crippen molar-refractivity contribution >= 4 is 17.4 Å². The zero-order valence-corrected chi connectivity index (χ0v) is 17.3. The zero-order chi connectivity index (χ0) is 21.6. The number of carbonyl (C=O) groups excluding carboxylic acids is 1. The van der Waals surface area contributed by atoms with Gasteiger partial charge in [0.25, 0.3) is 0 Å². The molecular formula is C21H25F3N2O3S. The van der Waals surface area contributed by atoms with Gasteiger partial charge in [0, 0.05) is 38.3 Å². The molecule has 0 aliphatic carbocycles. The Morgan fingerprint density at radius 1 is 1.27 bits per heavy atom. The molecule has 2 heterocycles. The van der Waals surface area contributed by atoms with E-state index in [2.05, 4.69) is 5.32 Å². The minimum atomic E-state index is -4.43. The maximum atomic E-state index is 13.2. The van der Waals surface area contributed by atoms with Crippen molar-refractivity contribution in [3.8, 4) is 0 Å². The van der Waals surface area contributed by atoms with E-state index in [9.17, 15) is 23.1 Å². The van der Waals surface area contributed by atoms with Gasteiger partial charge in [-0.1, -0.05) is 18.2 Å². The molecule has 1 aromatic heterocycles. The van der Waals surface area contributed by atoms with Crippen molar-refractivity contribution in [3.05, 3.63) is 57.8 Å². The van der Waals surface area contributed by atoms with E-state index in [1.54, 1.807) is 6.07 Å². The van der Waals surface area contributed by atoms with Gasteiger partial charge in [0.05, 0.1) is 12.2 Å². The smallest absolute Gasteiger partial charge is 0.395 e. The van der Waals surface area contributed by atoms with Gasteiger partial charge in [-0.25, -0.2) is 4.79 Å². The van der Waals surface area contributed by atoms with Crippen LogP contribution in [0.3, 0.4) is 0 Å². The highest BCUT2D eigenvalue weighted by Gasteiger charge is 2.38. The Hall–Kier alpha value is -2.10. The van der Waals surface area contributed by atoms with Gasteiger partial charge >= 0.3 is 12.2 Å². The number of thiophene rings is 1. The van der Waals surface area contributed by atoms with Crippen LogP contribution in [0.1, 0.15) is 29.5 Å². The number of aliphatic hydroxyl groups excluding tert-OH is 1. The molecule has 30 heavy (non-hydrogen) atoms. The highest BCUT2D eigenvalue weighted by molar-refractivity contribution is 7.07. The number of nitrogens with one attached hydrogen (secondary N) is 1. The molecule has 164 valence electrons. The third-order valence-electron chi connectivity index (χ3n) is 5.44. The first kappa shape index (κ1) is 22.6. The van der Waals surface area contributed by atoms with Crippen LogP contribution >= 0.6 is 11.3 Å². The summed E-state index contributed by atoms with van der Waals surface area (Å²) in [6, 6.07) is 6.88. The molecule has 0 bridgehead atoms. The van der Waals surface area contributed by atoms with E-state index in [0.717, 1.165) is 11.6 Å². The lowest BCUT2D eigenvalue weighted by molar-refractivity contribution is -0.137. The van der Waals surface area contributed by atoms with E-state index in [-0.39, 0.29) is 25.7 Å². The molecule has 1 aliphatic rings. The summed E-state index contributed by atoms with van der Waals surface area (Å²) in [6.07, 6.45) is -3.40. The number of hydrogen-bond acceptors (Lipinski definition) is 4. The van der Waals surface area contributed by atoms with Crippen molar-refractivity contribution in [1.82, 2.24) is 10.2 Å².